The first-order valence-corrected chi connectivity index (χ1v) is 5.06. The van der Waals surface area contributed by atoms with Crippen LogP contribution in [0.2, 0.25) is 0 Å². The fraction of sp³-hybridized carbons (Fsp3) is 1.00. The van der Waals surface area contributed by atoms with Crippen LogP contribution in [-0.2, 0) is 0 Å². The van der Waals surface area contributed by atoms with Crippen molar-refractivity contribution in [3.8, 4) is 0 Å². The Balaban J connectivity index is 0. The molecule has 0 radical (unpaired) electrons. The van der Waals surface area contributed by atoms with Gasteiger partial charge in [-0.2, -0.15) is 13.2 Å². The highest BCUT2D eigenvalue weighted by Crippen LogP contribution is 2.19. The number of hydrogen-bond acceptors (Lipinski definition) is 1. The number of hydrogen-bond donors (Lipinski definition) is 0. The van der Waals surface area contributed by atoms with Gasteiger partial charge in [0.1, 0.15) is 0 Å². The number of nitrogens with zero attached hydrogens (tertiary/aromatic N) is 1. The van der Waals surface area contributed by atoms with Gasteiger partial charge in [0.25, 0.3) is 0 Å². The van der Waals surface area contributed by atoms with Gasteiger partial charge in [-0.15, -0.1) is 0 Å². The Morgan fingerprint density at radius 2 is 1.57 bits per heavy atom. The lowest BCUT2D eigenvalue weighted by Gasteiger charge is -2.19. The zero-order valence-corrected chi connectivity index (χ0v) is 9.78. The first-order valence-electron chi connectivity index (χ1n) is 5.06. The van der Waals surface area contributed by atoms with Crippen molar-refractivity contribution in [2.45, 2.75) is 40.3 Å². The maximum atomic E-state index is 11.7. The fourth-order valence-electron chi connectivity index (χ4n) is 1.03. The summed E-state index contributed by atoms with van der Waals surface area (Å²) >= 11 is 0. The maximum Gasteiger partial charge on any atom is 0.390 e. The largest absolute Gasteiger partial charge is 0.390 e. The van der Waals surface area contributed by atoms with Crippen LogP contribution in [0.5, 0.6) is 0 Å². The fourth-order valence-corrected chi connectivity index (χ4v) is 1.03. The minimum Gasteiger partial charge on any atom is -0.306 e. The van der Waals surface area contributed by atoms with Gasteiger partial charge in [0.15, 0.2) is 0 Å². The number of rotatable bonds is 4. The molecule has 0 aliphatic carbocycles. The SMILES string of the molecule is CC.CC(C)CN(C)CCC(F)(F)F. The quantitative estimate of drug-likeness (QED) is 0.690. The maximum absolute atomic E-state index is 11.7. The van der Waals surface area contributed by atoms with E-state index in [1.807, 2.05) is 27.7 Å². The van der Waals surface area contributed by atoms with Crippen LogP contribution in [0.25, 0.3) is 0 Å². The molecule has 0 aliphatic heterocycles. The van der Waals surface area contributed by atoms with Crippen LogP contribution >= 0.6 is 0 Å². The molecule has 0 unspecified atom stereocenters. The molecule has 0 aromatic carbocycles. The Labute approximate surface area is 85.3 Å². The van der Waals surface area contributed by atoms with E-state index in [9.17, 15) is 13.2 Å². The molecule has 0 aromatic rings. The van der Waals surface area contributed by atoms with Crippen molar-refractivity contribution in [2.24, 2.45) is 5.92 Å². The van der Waals surface area contributed by atoms with Gasteiger partial charge in [0, 0.05) is 13.1 Å². The van der Waals surface area contributed by atoms with Crippen molar-refractivity contribution < 1.29 is 13.2 Å². The molecule has 14 heavy (non-hydrogen) atoms. The second-order valence-electron chi connectivity index (χ2n) is 3.52. The predicted octanol–water partition coefficient (Wildman–Crippen LogP) is 3.55. The normalized spacial score (nSPS) is 11.6. The van der Waals surface area contributed by atoms with E-state index < -0.39 is 12.6 Å². The Kier molecular flexibility index (Phi) is 9.36. The van der Waals surface area contributed by atoms with Crippen LogP contribution in [0.15, 0.2) is 0 Å². The molecule has 0 saturated carbocycles. The third kappa shape index (κ3) is 14.3. The van der Waals surface area contributed by atoms with Gasteiger partial charge in [0.2, 0.25) is 0 Å². The van der Waals surface area contributed by atoms with Crippen LogP contribution in [0, 0.1) is 5.92 Å². The molecule has 1 nitrogen and oxygen atoms in total. The van der Waals surface area contributed by atoms with Crippen LogP contribution in [0.1, 0.15) is 34.1 Å². The number of halogens is 3. The van der Waals surface area contributed by atoms with Crippen LogP contribution < -0.4 is 0 Å². The van der Waals surface area contributed by atoms with Crippen molar-refractivity contribution in [3.63, 3.8) is 0 Å². The summed E-state index contributed by atoms with van der Waals surface area (Å²) in [7, 11) is 1.71. The summed E-state index contributed by atoms with van der Waals surface area (Å²) in [6, 6.07) is 0. The molecule has 0 heterocycles. The molecular formula is C10H22F3N. The van der Waals surface area contributed by atoms with E-state index in [4.69, 9.17) is 0 Å². The molecule has 0 aliphatic rings. The van der Waals surface area contributed by atoms with Gasteiger partial charge >= 0.3 is 6.18 Å². The first kappa shape index (κ1) is 16.2. The van der Waals surface area contributed by atoms with Crippen molar-refractivity contribution in [2.75, 3.05) is 20.1 Å². The highest BCUT2D eigenvalue weighted by Gasteiger charge is 2.26. The van der Waals surface area contributed by atoms with E-state index in [0.29, 0.717) is 5.92 Å². The van der Waals surface area contributed by atoms with Crippen LogP contribution in [0.4, 0.5) is 13.2 Å². The molecule has 0 N–H and O–H groups in total. The molecule has 0 spiro atoms. The third-order valence-electron chi connectivity index (χ3n) is 1.45. The summed E-state index contributed by atoms with van der Waals surface area (Å²) in [6.07, 6.45) is -4.73. The lowest BCUT2D eigenvalue weighted by molar-refractivity contribution is -0.137. The van der Waals surface area contributed by atoms with Crippen molar-refractivity contribution in [1.82, 2.24) is 4.90 Å². The summed E-state index contributed by atoms with van der Waals surface area (Å²) in [6.45, 7) is 8.80. The Morgan fingerprint density at radius 1 is 1.14 bits per heavy atom. The zero-order valence-electron chi connectivity index (χ0n) is 9.78. The van der Waals surface area contributed by atoms with Gasteiger partial charge in [-0.05, 0) is 13.0 Å². The van der Waals surface area contributed by atoms with Gasteiger partial charge in [0.05, 0.1) is 6.42 Å². The summed E-state index contributed by atoms with van der Waals surface area (Å²) in [5.74, 6) is 0.420. The monoisotopic (exact) mass is 213 g/mol. The summed E-state index contributed by atoms with van der Waals surface area (Å²) in [5.41, 5.74) is 0. The van der Waals surface area contributed by atoms with Crippen molar-refractivity contribution in [1.29, 1.82) is 0 Å². The van der Waals surface area contributed by atoms with E-state index in [1.54, 1.807) is 11.9 Å². The van der Waals surface area contributed by atoms with Gasteiger partial charge < -0.3 is 4.90 Å². The Morgan fingerprint density at radius 3 is 1.86 bits per heavy atom. The van der Waals surface area contributed by atoms with Gasteiger partial charge in [-0.3, -0.25) is 0 Å². The first-order chi connectivity index (χ1) is 6.31. The van der Waals surface area contributed by atoms with Crippen molar-refractivity contribution >= 4 is 0 Å². The van der Waals surface area contributed by atoms with E-state index in [2.05, 4.69) is 0 Å². The Bertz CT molecular complexity index is 121. The van der Waals surface area contributed by atoms with Crippen LogP contribution in [-0.4, -0.2) is 31.2 Å². The smallest absolute Gasteiger partial charge is 0.306 e. The highest BCUT2D eigenvalue weighted by molar-refractivity contribution is 4.58. The summed E-state index contributed by atoms with van der Waals surface area (Å²) in [4.78, 5) is 1.71. The second kappa shape index (κ2) is 8.09. The second-order valence-corrected chi connectivity index (χ2v) is 3.52. The molecule has 0 aromatic heterocycles. The molecule has 0 atom stereocenters. The Hall–Kier alpha value is -0.250. The van der Waals surface area contributed by atoms with Gasteiger partial charge in [-0.25, -0.2) is 0 Å². The van der Waals surface area contributed by atoms with E-state index >= 15 is 0 Å². The minimum absolute atomic E-state index is 0.0989. The van der Waals surface area contributed by atoms with E-state index in [-0.39, 0.29) is 6.54 Å². The lowest BCUT2D eigenvalue weighted by atomic mass is 10.2. The summed E-state index contributed by atoms with van der Waals surface area (Å²) < 4.78 is 35.2. The minimum atomic E-state index is -4.02. The third-order valence-corrected chi connectivity index (χ3v) is 1.45. The zero-order chi connectivity index (χ0) is 11.8. The predicted molar refractivity (Wildman–Crippen MR) is 54.4 cm³/mol. The molecular weight excluding hydrogens is 191 g/mol. The highest BCUT2D eigenvalue weighted by atomic mass is 19.4. The molecule has 0 bridgehead atoms. The average molecular weight is 213 g/mol. The topological polar surface area (TPSA) is 3.24 Å². The molecule has 0 rings (SSSR count). The van der Waals surface area contributed by atoms with Crippen LogP contribution in [0.3, 0.4) is 0 Å². The molecule has 0 saturated heterocycles. The number of alkyl halides is 3. The summed E-state index contributed by atoms with van der Waals surface area (Å²) in [5, 5.41) is 0. The average Bonchev–Trinajstić information content (AvgIpc) is 2.02. The van der Waals surface area contributed by atoms with E-state index in [1.165, 1.54) is 0 Å². The molecule has 4 heteroatoms. The molecule has 0 amide bonds. The van der Waals surface area contributed by atoms with E-state index in [0.717, 1.165) is 6.54 Å². The van der Waals surface area contributed by atoms with Gasteiger partial charge in [-0.1, -0.05) is 27.7 Å². The lowest BCUT2D eigenvalue weighted by Crippen LogP contribution is -2.27. The standard InChI is InChI=1S/C8H16F3N.C2H6/c1-7(2)6-12(3)5-4-8(9,10)11;1-2/h7H,4-6H2,1-3H3;1-2H3. The van der Waals surface area contributed by atoms with Crippen molar-refractivity contribution in [3.05, 3.63) is 0 Å². The molecule has 88 valence electrons. The molecule has 0 fully saturated rings.